The Morgan fingerprint density at radius 1 is 1.06 bits per heavy atom. The van der Waals surface area contributed by atoms with Gasteiger partial charge in [0.2, 0.25) is 0 Å². The van der Waals surface area contributed by atoms with Crippen LogP contribution in [0.15, 0.2) is 30.3 Å². The Kier molecular flexibility index (Phi) is 2.82. The van der Waals surface area contributed by atoms with E-state index in [1.165, 1.54) is 17.4 Å². The van der Waals surface area contributed by atoms with Crippen LogP contribution in [-0.4, -0.2) is 0 Å². The van der Waals surface area contributed by atoms with Crippen molar-refractivity contribution < 1.29 is 17.6 Å². The molecule has 2 aromatic rings. The number of nitrogen functional groups attached to an aromatic ring is 1. The van der Waals surface area contributed by atoms with Crippen LogP contribution in [-0.2, 0) is 6.18 Å². The van der Waals surface area contributed by atoms with Crippen molar-refractivity contribution in [3.63, 3.8) is 0 Å². The van der Waals surface area contributed by atoms with Gasteiger partial charge in [0.25, 0.3) is 0 Å². The summed E-state index contributed by atoms with van der Waals surface area (Å²) >= 11 is 1.19. The summed E-state index contributed by atoms with van der Waals surface area (Å²) in [6.07, 6.45) is -4.67. The standard InChI is InChI=1S/C11H7F4NS/c12-8-5-6(9-3-4-10(16)17-9)1-2-7(8)11(13,14)15/h1-5H,16H2. The molecule has 6 heteroatoms. The van der Waals surface area contributed by atoms with Crippen LogP contribution in [0.2, 0.25) is 0 Å². The van der Waals surface area contributed by atoms with Gasteiger partial charge in [-0.2, -0.15) is 13.2 Å². The average molecular weight is 261 g/mol. The summed E-state index contributed by atoms with van der Waals surface area (Å²) in [5.41, 5.74) is 4.63. The highest BCUT2D eigenvalue weighted by Gasteiger charge is 2.33. The largest absolute Gasteiger partial charge is 0.419 e. The third-order valence-electron chi connectivity index (χ3n) is 2.19. The number of hydrogen-bond acceptors (Lipinski definition) is 2. The first-order valence-electron chi connectivity index (χ1n) is 4.60. The van der Waals surface area contributed by atoms with Gasteiger partial charge in [-0.3, -0.25) is 0 Å². The van der Waals surface area contributed by atoms with Crippen molar-refractivity contribution in [2.45, 2.75) is 6.18 Å². The highest BCUT2D eigenvalue weighted by molar-refractivity contribution is 7.19. The van der Waals surface area contributed by atoms with Crippen molar-refractivity contribution in [3.05, 3.63) is 41.7 Å². The Labute approximate surface area is 98.5 Å². The van der Waals surface area contributed by atoms with Gasteiger partial charge < -0.3 is 5.73 Å². The van der Waals surface area contributed by atoms with Gasteiger partial charge in [-0.25, -0.2) is 4.39 Å². The van der Waals surface area contributed by atoms with Crippen molar-refractivity contribution in [1.29, 1.82) is 0 Å². The molecular formula is C11H7F4NS. The summed E-state index contributed by atoms with van der Waals surface area (Å²) in [6, 6.07) is 6.10. The predicted octanol–water partition coefficient (Wildman–Crippen LogP) is 4.16. The van der Waals surface area contributed by atoms with Crippen LogP contribution in [0.4, 0.5) is 22.6 Å². The van der Waals surface area contributed by atoms with Crippen molar-refractivity contribution in [2.75, 3.05) is 5.73 Å². The maximum Gasteiger partial charge on any atom is 0.419 e. The zero-order chi connectivity index (χ0) is 12.6. The number of nitrogens with two attached hydrogens (primary N) is 1. The maximum atomic E-state index is 13.3. The molecule has 0 aliphatic carbocycles. The summed E-state index contributed by atoms with van der Waals surface area (Å²) in [7, 11) is 0. The van der Waals surface area contributed by atoms with Gasteiger partial charge in [0.15, 0.2) is 0 Å². The van der Waals surface area contributed by atoms with E-state index in [4.69, 9.17) is 5.73 Å². The van der Waals surface area contributed by atoms with Crippen LogP contribution in [0.3, 0.4) is 0 Å². The summed E-state index contributed by atoms with van der Waals surface area (Å²) in [5, 5.41) is 0.528. The van der Waals surface area contributed by atoms with Crippen molar-refractivity contribution in [2.24, 2.45) is 0 Å². The van der Waals surface area contributed by atoms with Gasteiger partial charge in [0.1, 0.15) is 5.82 Å². The molecule has 0 bridgehead atoms. The third kappa shape index (κ3) is 2.41. The number of thiophene rings is 1. The first kappa shape index (κ1) is 11.9. The van der Waals surface area contributed by atoms with E-state index >= 15 is 0 Å². The number of halogens is 4. The molecule has 0 amide bonds. The Morgan fingerprint density at radius 3 is 2.24 bits per heavy atom. The smallest absolute Gasteiger partial charge is 0.391 e. The van der Waals surface area contributed by atoms with Gasteiger partial charge in [-0.05, 0) is 29.8 Å². The molecule has 0 aliphatic rings. The molecule has 0 atom stereocenters. The molecule has 1 nitrogen and oxygen atoms in total. The molecule has 0 saturated carbocycles. The molecule has 90 valence electrons. The zero-order valence-electron chi connectivity index (χ0n) is 8.38. The highest BCUT2D eigenvalue weighted by Crippen LogP contribution is 2.35. The molecule has 0 aliphatic heterocycles. The van der Waals surface area contributed by atoms with E-state index in [2.05, 4.69) is 0 Å². The van der Waals surface area contributed by atoms with E-state index in [1.807, 2.05) is 0 Å². The molecule has 1 aromatic heterocycles. The lowest BCUT2D eigenvalue weighted by atomic mass is 10.1. The highest BCUT2D eigenvalue weighted by atomic mass is 32.1. The zero-order valence-corrected chi connectivity index (χ0v) is 9.20. The summed E-state index contributed by atoms with van der Waals surface area (Å²) in [5.74, 6) is -1.28. The molecule has 2 rings (SSSR count). The van der Waals surface area contributed by atoms with Crippen LogP contribution in [0, 0.1) is 5.82 Å². The fraction of sp³-hybridized carbons (Fsp3) is 0.0909. The van der Waals surface area contributed by atoms with Gasteiger partial charge in [0.05, 0.1) is 10.6 Å². The fourth-order valence-corrected chi connectivity index (χ4v) is 2.18. The first-order valence-corrected chi connectivity index (χ1v) is 5.42. The second-order valence-electron chi connectivity index (χ2n) is 3.39. The molecule has 0 radical (unpaired) electrons. The minimum atomic E-state index is -4.67. The number of hydrogen-bond donors (Lipinski definition) is 1. The van der Waals surface area contributed by atoms with Crippen LogP contribution < -0.4 is 5.73 Å². The average Bonchev–Trinajstić information content (AvgIpc) is 2.62. The van der Waals surface area contributed by atoms with Gasteiger partial charge >= 0.3 is 6.18 Å². The van der Waals surface area contributed by atoms with Crippen LogP contribution in [0.25, 0.3) is 10.4 Å². The van der Waals surface area contributed by atoms with E-state index in [1.54, 1.807) is 12.1 Å². The van der Waals surface area contributed by atoms with Crippen molar-refractivity contribution >= 4 is 16.3 Å². The minimum absolute atomic E-state index is 0.386. The lowest BCUT2D eigenvalue weighted by Gasteiger charge is -2.08. The van der Waals surface area contributed by atoms with Gasteiger partial charge in [0, 0.05) is 4.88 Å². The van der Waals surface area contributed by atoms with Crippen LogP contribution >= 0.6 is 11.3 Å². The van der Waals surface area contributed by atoms with E-state index < -0.39 is 17.6 Å². The maximum absolute atomic E-state index is 13.3. The Morgan fingerprint density at radius 2 is 1.76 bits per heavy atom. The molecule has 0 saturated heterocycles. The van der Waals surface area contributed by atoms with E-state index in [-0.39, 0.29) is 0 Å². The minimum Gasteiger partial charge on any atom is -0.391 e. The molecule has 0 unspecified atom stereocenters. The number of anilines is 1. The molecule has 0 fully saturated rings. The SMILES string of the molecule is Nc1ccc(-c2ccc(C(F)(F)F)c(F)c2)s1. The third-order valence-corrected chi connectivity index (χ3v) is 3.15. The Bertz CT molecular complexity index is 545. The topological polar surface area (TPSA) is 26.0 Å². The monoisotopic (exact) mass is 261 g/mol. The summed E-state index contributed by atoms with van der Waals surface area (Å²) in [6.45, 7) is 0. The normalized spacial score (nSPS) is 11.8. The molecule has 0 spiro atoms. The lowest BCUT2D eigenvalue weighted by molar-refractivity contribution is -0.139. The van der Waals surface area contributed by atoms with Gasteiger partial charge in [-0.1, -0.05) is 6.07 Å². The Hall–Kier alpha value is -1.56. The summed E-state index contributed by atoms with van der Waals surface area (Å²) in [4.78, 5) is 0.634. The molecular weight excluding hydrogens is 254 g/mol. The number of alkyl halides is 3. The fourth-order valence-electron chi connectivity index (χ4n) is 1.41. The van der Waals surface area contributed by atoms with E-state index in [0.29, 0.717) is 15.4 Å². The molecule has 17 heavy (non-hydrogen) atoms. The quantitative estimate of drug-likeness (QED) is 0.766. The number of benzene rings is 1. The van der Waals surface area contributed by atoms with Gasteiger partial charge in [-0.15, -0.1) is 11.3 Å². The second kappa shape index (κ2) is 4.03. The summed E-state index contributed by atoms with van der Waals surface area (Å²) < 4.78 is 50.3. The molecule has 2 N–H and O–H groups in total. The van der Waals surface area contributed by atoms with Crippen LogP contribution in [0.5, 0.6) is 0 Å². The van der Waals surface area contributed by atoms with Crippen molar-refractivity contribution in [1.82, 2.24) is 0 Å². The lowest BCUT2D eigenvalue weighted by Crippen LogP contribution is -2.07. The predicted molar refractivity (Wildman–Crippen MR) is 59.1 cm³/mol. The van der Waals surface area contributed by atoms with Crippen molar-refractivity contribution in [3.8, 4) is 10.4 Å². The Balaban J connectivity index is 2.44. The molecule has 1 aromatic carbocycles. The van der Waals surface area contributed by atoms with E-state index in [0.717, 1.165) is 12.1 Å². The molecule has 1 heterocycles. The van der Waals surface area contributed by atoms with E-state index in [9.17, 15) is 17.6 Å². The second-order valence-corrected chi connectivity index (χ2v) is 4.51. The first-order chi connectivity index (χ1) is 7.88. The van der Waals surface area contributed by atoms with Crippen LogP contribution in [0.1, 0.15) is 5.56 Å². The number of rotatable bonds is 1.